The largest absolute Gasteiger partial charge is 0.368 e. The lowest BCUT2D eigenvalue weighted by Crippen LogP contribution is -2.24. The van der Waals surface area contributed by atoms with Gasteiger partial charge in [-0.1, -0.05) is 11.8 Å². The molecule has 10 nitrogen and oxygen atoms in total. The number of H-pyrrole nitrogens is 4. The van der Waals surface area contributed by atoms with Gasteiger partial charge in [-0.2, -0.15) is 4.98 Å². The summed E-state index contributed by atoms with van der Waals surface area (Å²) in [6, 6.07) is 0. The highest BCUT2D eigenvalue weighted by atomic mass is 32.2. The maximum atomic E-state index is 11.6. The SMILES string of the molecule is Nc1nc(SCc2c[nH]c(=O)[nH]c2=O)c2[nH]c(=O)[nH]c2n1. The number of nitrogens with two attached hydrogens (primary N) is 1. The normalized spacial score (nSPS) is 11.0. The van der Waals surface area contributed by atoms with Crippen molar-refractivity contribution in [3.63, 3.8) is 0 Å². The number of hydrogen-bond donors (Lipinski definition) is 5. The van der Waals surface area contributed by atoms with E-state index >= 15 is 0 Å². The number of aromatic nitrogens is 6. The van der Waals surface area contributed by atoms with E-state index in [1.807, 2.05) is 0 Å². The number of aromatic amines is 4. The average molecular weight is 307 g/mol. The fourth-order valence-electron chi connectivity index (χ4n) is 1.71. The van der Waals surface area contributed by atoms with Gasteiger partial charge in [0.15, 0.2) is 5.65 Å². The number of thioether (sulfide) groups is 1. The summed E-state index contributed by atoms with van der Waals surface area (Å²) < 4.78 is 0. The minimum absolute atomic E-state index is 0.00984. The van der Waals surface area contributed by atoms with Crippen molar-refractivity contribution in [3.05, 3.63) is 43.1 Å². The van der Waals surface area contributed by atoms with Gasteiger partial charge in [-0.15, -0.1) is 0 Å². The van der Waals surface area contributed by atoms with E-state index in [1.165, 1.54) is 18.0 Å². The molecule has 3 rings (SSSR count). The Hall–Kier alpha value is -2.82. The van der Waals surface area contributed by atoms with Crippen LogP contribution in [0, 0.1) is 0 Å². The molecule has 11 heteroatoms. The number of fused-ring (bicyclic) bond motifs is 1. The molecular formula is C10H9N7O3S. The molecule has 0 radical (unpaired) electrons. The van der Waals surface area contributed by atoms with Gasteiger partial charge < -0.3 is 15.7 Å². The van der Waals surface area contributed by atoms with Gasteiger partial charge in [0.2, 0.25) is 5.95 Å². The van der Waals surface area contributed by atoms with Gasteiger partial charge in [-0.3, -0.25) is 14.8 Å². The molecule has 3 aromatic heterocycles. The minimum atomic E-state index is -0.572. The van der Waals surface area contributed by atoms with Gasteiger partial charge in [0, 0.05) is 17.5 Å². The van der Waals surface area contributed by atoms with Crippen molar-refractivity contribution < 1.29 is 0 Å². The molecule has 0 bridgehead atoms. The van der Waals surface area contributed by atoms with Crippen LogP contribution in [0.25, 0.3) is 11.2 Å². The van der Waals surface area contributed by atoms with E-state index in [9.17, 15) is 14.4 Å². The molecule has 0 unspecified atom stereocenters. The highest BCUT2D eigenvalue weighted by Gasteiger charge is 2.11. The number of nitrogen functional groups attached to an aromatic ring is 1. The lowest BCUT2D eigenvalue weighted by atomic mass is 10.4. The minimum Gasteiger partial charge on any atom is -0.368 e. The molecule has 0 saturated carbocycles. The molecule has 0 aromatic carbocycles. The zero-order valence-corrected chi connectivity index (χ0v) is 11.2. The molecule has 21 heavy (non-hydrogen) atoms. The van der Waals surface area contributed by atoms with Crippen molar-refractivity contribution in [2.75, 3.05) is 5.73 Å². The van der Waals surface area contributed by atoms with E-state index in [2.05, 4.69) is 29.9 Å². The summed E-state index contributed by atoms with van der Waals surface area (Å²) in [5, 5.41) is 0.432. The Morgan fingerprint density at radius 3 is 2.67 bits per heavy atom. The lowest BCUT2D eigenvalue weighted by Gasteiger charge is -2.02. The van der Waals surface area contributed by atoms with Crippen LogP contribution in [-0.2, 0) is 5.75 Å². The summed E-state index contributed by atoms with van der Waals surface area (Å²) >= 11 is 1.19. The zero-order chi connectivity index (χ0) is 15.0. The van der Waals surface area contributed by atoms with Crippen LogP contribution in [0.15, 0.2) is 25.6 Å². The highest BCUT2D eigenvalue weighted by Crippen LogP contribution is 2.24. The molecule has 3 aromatic rings. The molecule has 0 amide bonds. The summed E-state index contributed by atoms with van der Waals surface area (Å²) in [7, 11) is 0. The topological polar surface area (TPSA) is 166 Å². The predicted octanol–water partition coefficient (Wildman–Crippen LogP) is -1.10. The molecule has 0 aliphatic rings. The molecule has 0 atom stereocenters. The van der Waals surface area contributed by atoms with Crippen LogP contribution in [0.3, 0.4) is 0 Å². The number of imidazole rings is 1. The number of anilines is 1. The lowest BCUT2D eigenvalue weighted by molar-refractivity contribution is 0.999. The third kappa shape index (κ3) is 2.58. The Bertz CT molecular complexity index is 982. The average Bonchev–Trinajstić information content (AvgIpc) is 2.77. The standard InChI is InChI=1S/C10H9N7O3S/c11-8-14-5-4(13-10(20)15-5)7(17-8)21-2-3-1-12-9(19)16-6(3)18/h1H,2H2,(H2,12,16,18,19)(H4,11,13,14,15,17,20). The summed E-state index contributed by atoms with van der Waals surface area (Å²) in [6.07, 6.45) is 1.33. The van der Waals surface area contributed by atoms with E-state index < -0.39 is 16.9 Å². The Morgan fingerprint density at radius 1 is 1.10 bits per heavy atom. The maximum Gasteiger partial charge on any atom is 0.325 e. The van der Waals surface area contributed by atoms with Crippen LogP contribution in [0.1, 0.15) is 5.56 Å². The van der Waals surface area contributed by atoms with Crippen molar-refractivity contribution in [1.29, 1.82) is 0 Å². The molecule has 3 heterocycles. The first kappa shape index (κ1) is 13.2. The second-order valence-corrected chi connectivity index (χ2v) is 5.04. The van der Waals surface area contributed by atoms with E-state index in [-0.39, 0.29) is 11.7 Å². The van der Waals surface area contributed by atoms with Crippen molar-refractivity contribution >= 4 is 28.9 Å². The van der Waals surface area contributed by atoms with Crippen LogP contribution < -0.4 is 22.7 Å². The Morgan fingerprint density at radius 2 is 1.90 bits per heavy atom. The third-order valence-corrected chi connectivity index (χ3v) is 3.65. The molecule has 0 aliphatic heterocycles. The Balaban J connectivity index is 1.96. The first-order valence-corrected chi connectivity index (χ1v) is 6.70. The monoisotopic (exact) mass is 307 g/mol. The molecule has 0 aliphatic carbocycles. The van der Waals surface area contributed by atoms with Crippen LogP contribution in [0.4, 0.5) is 5.95 Å². The summed E-state index contributed by atoms with van der Waals surface area (Å²) in [5.74, 6) is 0.251. The predicted molar refractivity (Wildman–Crippen MR) is 76.2 cm³/mol. The highest BCUT2D eigenvalue weighted by molar-refractivity contribution is 7.98. The number of rotatable bonds is 3. The maximum absolute atomic E-state index is 11.6. The van der Waals surface area contributed by atoms with Gasteiger partial charge in [-0.05, 0) is 0 Å². The number of nitrogens with zero attached hydrogens (tertiary/aromatic N) is 2. The second kappa shape index (κ2) is 4.94. The van der Waals surface area contributed by atoms with Gasteiger partial charge in [0.05, 0.1) is 0 Å². The third-order valence-electron chi connectivity index (χ3n) is 2.62. The van der Waals surface area contributed by atoms with Gasteiger partial charge >= 0.3 is 11.4 Å². The van der Waals surface area contributed by atoms with Crippen molar-refractivity contribution in [3.8, 4) is 0 Å². The van der Waals surface area contributed by atoms with Crippen molar-refractivity contribution in [1.82, 2.24) is 29.9 Å². The fourth-order valence-corrected chi connectivity index (χ4v) is 2.66. The fraction of sp³-hybridized carbons (Fsp3) is 0.100. The molecule has 0 spiro atoms. The van der Waals surface area contributed by atoms with Crippen LogP contribution in [-0.4, -0.2) is 29.9 Å². The molecule has 6 N–H and O–H groups in total. The Kier molecular flexibility index (Phi) is 3.10. The van der Waals surface area contributed by atoms with Crippen molar-refractivity contribution in [2.24, 2.45) is 0 Å². The first-order valence-electron chi connectivity index (χ1n) is 5.72. The zero-order valence-electron chi connectivity index (χ0n) is 10.4. The van der Waals surface area contributed by atoms with E-state index in [0.29, 0.717) is 21.8 Å². The summed E-state index contributed by atoms with van der Waals surface area (Å²) in [4.78, 5) is 51.3. The van der Waals surface area contributed by atoms with Crippen molar-refractivity contribution in [2.45, 2.75) is 10.8 Å². The first-order chi connectivity index (χ1) is 10.0. The van der Waals surface area contributed by atoms with Crippen LogP contribution in [0.5, 0.6) is 0 Å². The summed E-state index contributed by atoms with van der Waals surface area (Å²) in [5.41, 5.74) is 5.17. The van der Waals surface area contributed by atoms with Gasteiger partial charge in [-0.25, -0.2) is 14.6 Å². The second-order valence-electron chi connectivity index (χ2n) is 4.08. The Labute approximate surface area is 119 Å². The molecule has 108 valence electrons. The number of nitrogens with one attached hydrogen (secondary N) is 4. The smallest absolute Gasteiger partial charge is 0.325 e. The van der Waals surface area contributed by atoms with Gasteiger partial charge in [0.25, 0.3) is 5.56 Å². The van der Waals surface area contributed by atoms with E-state index in [4.69, 9.17) is 5.73 Å². The van der Waals surface area contributed by atoms with Crippen LogP contribution in [0.2, 0.25) is 0 Å². The van der Waals surface area contributed by atoms with E-state index in [0.717, 1.165) is 0 Å². The quantitative estimate of drug-likeness (QED) is 0.302. The van der Waals surface area contributed by atoms with E-state index in [1.54, 1.807) is 0 Å². The molecular weight excluding hydrogens is 298 g/mol. The molecule has 0 fully saturated rings. The number of hydrogen-bond acceptors (Lipinski definition) is 7. The molecule has 0 saturated heterocycles. The van der Waals surface area contributed by atoms with Gasteiger partial charge in [0.1, 0.15) is 10.5 Å². The van der Waals surface area contributed by atoms with Crippen LogP contribution >= 0.6 is 11.8 Å². The summed E-state index contributed by atoms with van der Waals surface area (Å²) in [6.45, 7) is 0.